The first-order valence-corrected chi connectivity index (χ1v) is 14.0. The van der Waals surface area contributed by atoms with Gasteiger partial charge in [0, 0.05) is 16.7 Å². The van der Waals surface area contributed by atoms with Crippen LogP contribution in [0.15, 0.2) is 119 Å². The monoisotopic (exact) mass is 578 g/mol. The highest BCUT2D eigenvalue weighted by molar-refractivity contribution is 9.10. The Morgan fingerprint density at radius 1 is 0.784 bits per heavy atom. The van der Waals surface area contributed by atoms with Gasteiger partial charge in [0.25, 0.3) is 0 Å². The van der Waals surface area contributed by atoms with Gasteiger partial charge in [-0.2, -0.15) is 4.31 Å². The summed E-state index contributed by atoms with van der Waals surface area (Å²) in [5.41, 5.74) is 2.61. The van der Waals surface area contributed by atoms with Crippen LogP contribution in [0.4, 0.5) is 5.69 Å². The maximum atomic E-state index is 13.4. The molecule has 8 heteroatoms. The molecule has 0 unspecified atom stereocenters. The minimum atomic E-state index is -3.88. The maximum Gasteiger partial charge on any atom is 0.243 e. The summed E-state index contributed by atoms with van der Waals surface area (Å²) >= 11 is 3.33. The van der Waals surface area contributed by atoms with Crippen molar-refractivity contribution in [1.82, 2.24) is 4.31 Å². The van der Waals surface area contributed by atoms with E-state index in [-0.39, 0.29) is 18.0 Å². The molecule has 0 saturated heterocycles. The third-order valence-electron chi connectivity index (χ3n) is 5.65. The lowest BCUT2D eigenvalue weighted by Crippen LogP contribution is -2.39. The van der Waals surface area contributed by atoms with E-state index in [2.05, 4.69) is 21.2 Å². The van der Waals surface area contributed by atoms with Crippen molar-refractivity contribution in [2.45, 2.75) is 17.9 Å². The lowest BCUT2D eigenvalue weighted by atomic mass is 10.1. The van der Waals surface area contributed by atoms with E-state index in [1.54, 1.807) is 36.4 Å². The molecule has 0 heterocycles. The molecule has 4 aromatic carbocycles. The number of amides is 1. The molecule has 4 rings (SSSR count). The molecule has 0 aliphatic rings. The second-order valence-electron chi connectivity index (χ2n) is 8.37. The van der Waals surface area contributed by atoms with Crippen molar-refractivity contribution in [3.8, 4) is 5.75 Å². The first-order valence-electron chi connectivity index (χ1n) is 11.8. The molecule has 0 spiro atoms. The molecule has 4 aromatic rings. The molecule has 0 bridgehead atoms. The summed E-state index contributed by atoms with van der Waals surface area (Å²) in [5, 5.41) is 2.80. The van der Waals surface area contributed by atoms with E-state index in [9.17, 15) is 13.2 Å². The second kappa shape index (κ2) is 12.7. The van der Waals surface area contributed by atoms with Crippen LogP contribution >= 0.6 is 15.9 Å². The van der Waals surface area contributed by atoms with Crippen LogP contribution in [0, 0.1) is 0 Å². The fourth-order valence-electron chi connectivity index (χ4n) is 3.67. The number of carbonyl (C=O) groups excluding carboxylic acids is 1. The Balaban J connectivity index is 1.42. The van der Waals surface area contributed by atoms with Crippen molar-refractivity contribution in [3.05, 3.63) is 125 Å². The summed E-state index contributed by atoms with van der Waals surface area (Å²) in [4.78, 5) is 13.0. The highest BCUT2D eigenvalue weighted by Gasteiger charge is 2.26. The average Bonchev–Trinajstić information content (AvgIpc) is 2.92. The highest BCUT2D eigenvalue weighted by atomic mass is 79.9. The number of halogens is 1. The molecular weight excluding hydrogens is 552 g/mol. The Labute approximate surface area is 226 Å². The number of hydrogen-bond acceptors (Lipinski definition) is 4. The van der Waals surface area contributed by atoms with E-state index in [0.29, 0.717) is 24.5 Å². The zero-order chi connectivity index (χ0) is 26.1. The lowest BCUT2D eigenvalue weighted by Gasteiger charge is -2.22. The first-order chi connectivity index (χ1) is 17.9. The third kappa shape index (κ3) is 7.76. The number of anilines is 1. The molecule has 0 fully saturated rings. The number of hydrogen-bond donors (Lipinski definition) is 1. The van der Waals surface area contributed by atoms with Gasteiger partial charge in [0.05, 0.1) is 11.4 Å². The average molecular weight is 580 g/mol. The number of nitrogens with zero attached hydrogens (tertiary/aromatic N) is 1. The van der Waals surface area contributed by atoms with Crippen LogP contribution in [0.25, 0.3) is 0 Å². The Morgan fingerprint density at radius 3 is 2.00 bits per heavy atom. The molecule has 0 saturated carbocycles. The van der Waals surface area contributed by atoms with E-state index in [1.165, 1.54) is 16.4 Å². The van der Waals surface area contributed by atoms with Crippen LogP contribution in [-0.4, -0.2) is 31.7 Å². The molecular formula is C29H27BrN2O4S. The Hall–Kier alpha value is -3.46. The Kier molecular flexibility index (Phi) is 9.11. The van der Waals surface area contributed by atoms with Crippen LogP contribution < -0.4 is 10.1 Å². The van der Waals surface area contributed by atoms with Crippen molar-refractivity contribution >= 4 is 37.5 Å². The maximum absolute atomic E-state index is 13.4. The molecule has 0 radical (unpaired) electrons. The summed E-state index contributed by atoms with van der Waals surface area (Å²) in [6, 6.07) is 32.8. The summed E-state index contributed by atoms with van der Waals surface area (Å²) in [6.45, 7) is 0.302. The lowest BCUT2D eigenvalue weighted by molar-refractivity contribution is -0.116. The zero-order valence-corrected chi connectivity index (χ0v) is 22.5. The van der Waals surface area contributed by atoms with Gasteiger partial charge in [0.15, 0.2) is 0 Å². The molecule has 6 nitrogen and oxygen atoms in total. The minimum Gasteiger partial charge on any atom is -0.489 e. The molecule has 0 atom stereocenters. The fourth-order valence-corrected chi connectivity index (χ4v) is 5.34. The van der Waals surface area contributed by atoms with Crippen molar-refractivity contribution in [1.29, 1.82) is 0 Å². The Morgan fingerprint density at radius 2 is 1.38 bits per heavy atom. The molecule has 0 aliphatic carbocycles. The number of rotatable bonds is 11. The van der Waals surface area contributed by atoms with Crippen LogP contribution in [0.2, 0.25) is 0 Å². The summed E-state index contributed by atoms with van der Waals surface area (Å²) < 4.78 is 34.6. The zero-order valence-electron chi connectivity index (χ0n) is 20.1. The molecule has 37 heavy (non-hydrogen) atoms. The quantitative estimate of drug-likeness (QED) is 0.240. The van der Waals surface area contributed by atoms with Crippen molar-refractivity contribution < 1.29 is 17.9 Å². The number of ether oxygens (including phenoxy) is 1. The molecule has 1 amide bonds. The topological polar surface area (TPSA) is 75.7 Å². The summed E-state index contributed by atoms with van der Waals surface area (Å²) in [7, 11) is -3.88. The van der Waals surface area contributed by atoms with E-state index < -0.39 is 15.9 Å². The van der Waals surface area contributed by atoms with Crippen molar-refractivity contribution in [3.63, 3.8) is 0 Å². The van der Waals surface area contributed by atoms with Crippen LogP contribution in [0.3, 0.4) is 0 Å². The van der Waals surface area contributed by atoms with Gasteiger partial charge in [-0.15, -0.1) is 0 Å². The first kappa shape index (κ1) is 26.6. The number of carbonyl (C=O) groups is 1. The minimum absolute atomic E-state index is 0.136. The standard InChI is InChI=1S/C29H27BrN2O4S/c30-25-11-17-28(18-12-25)37(34,35)32(20-19-23-7-3-1-4-8-23)21-29(33)31-26-13-15-27(16-14-26)36-22-24-9-5-2-6-10-24/h1-18H,19-22H2,(H,31,33). The predicted octanol–water partition coefficient (Wildman–Crippen LogP) is 5.90. The SMILES string of the molecule is O=C(CN(CCc1ccccc1)S(=O)(=O)c1ccc(Br)cc1)Nc1ccc(OCc2ccccc2)cc1. The number of benzene rings is 4. The van der Waals surface area contributed by atoms with Crippen LogP contribution in [-0.2, 0) is 27.8 Å². The van der Waals surface area contributed by atoms with Gasteiger partial charge >= 0.3 is 0 Å². The second-order valence-corrected chi connectivity index (χ2v) is 11.2. The summed E-state index contributed by atoms with van der Waals surface area (Å²) in [5.74, 6) is 0.246. The van der Waals surface area contributed by atoms with E-state index >= 15 is 0 Å². The molecule has 1 N–H and O–H groups in total. The number of nitrogens with one attached hydrogen (secondary N) is 1. The van der Waals surface area contributed by atoms with Crippen molar-refractivity contribution in [2.75, 3.05) is 18.4 Å². The van der Waals surface area contributed by atoms with Crippen molar-refractivity contribution in [2.24, 2.45) is 0 Å². The van der Waals surface area contributed by atoms with Gasteiger partial charge in [0.2, 0.25) is 15.9 Å². The third-order valence-corrected chi connectivity index (χ3v) is 8.04. The van der Waals surface area contributed by atoms with Gasteiger partial charge in [-0.3, -0.25) is 4.79 Å². The van der Waals surface area contributed by atoms with Gasteiger partial charge < -0.3 is 10.1 Å². The molecule has 0 aromatic heterocycles. The largest absolute Gasteiger partial charge is 0.489 e. The van der Waals surface area contributed by atoms with Gasteiger partial charge in [-0.25, -0.2) is 8.42 Å². The summed E-state index contributed by atoms with van der Waals surface area (Å²) in [6.07, 6.45) is 0.483. The van der Waals surface area contributed by atoms with E-state index in [4.69, 9.17) is 4.74 Å². The number of sulfonamides is 1. The predicted molar refractivity (Wildman–Crippen MR) is 149 cm³/mol. The fraction of sp³-hybridized carbons (Fsp3) is 0.138. The normalized spacial score (nSPS) is 11.3. The van der Waals surface area contributed by atoms with Gasteiger partial charge in [-0.05, 0) is 66.1 Å². The van der Waals surface area contributed by atoms with E-state index in [1.807, 2.05) is 60.7 Å². The van der Waals surface area contributed by atoms with E-state index in [0.717, 1.165) is 15.6 Å². The molecule has 190 valence electrons. The molecule has 0 aliphatic heterocycles. The smallest absolute Gasteiger partial charge is 0.243 e. The van der Waals surface area contributed by atoms with Crippen LogP contribution in [0.5, 0.6) is 5.75 Å². The van der Waals surface area contributed by atoms with Crippen LogP contribution in [0.1, 0.15) is 11.1 Å². The Bertz CT molecular complexity index is 1400. The highest BCUT2D eigenvalue weighted by Crippen LogP contribution is 2.21. The van der Waals surface area contributed by atoms with Gasteiger partial charge in [-0.1, -0.05) is 76.6 Å². The van der Waals surface area contributed by atoms with Gasteiger partial charge in [0.1, 0.15) is 12.4 Å².